The van der Waals surface area contributed by atoms with E-state index in [0.717, 1.165) is 25.9 Å². The minimum absolute atomic E-state index is 0.0734. The Kier molecular flexibility index (Phi) is 6.12. The van der Waals surface area contributed by atoms with Gasteiger partial charge in [-0.25, -0.2) is 0 Å². The van der Waals surface area contributed by atoms with Gasteiger partial charge in [0.25, 0.3) is 0 Å². The second-order valence-corrected chi connectivity index (χ2v) is 7.87. The number of carbonyl (C=O) groups is 2. The minimum atomic E-state index is -0.721. The Morgan fingerprint density at radius 2 is 2.21 bits per heavy atom. The second-order valence-electron chi connectivity index (χ2n) is 7.87. The molecule has 1 N–H and O–H groups in total. The molecule has 1 saturated heterocycles. The monoisotopic (exact) mass is 384 g/mol. The first kappa shape index (κ1) is 20.1. The van der Waals surface area contributed by atoms with E-state index >= 15 is 0 Å². The van der Waals surface area contributed by atoms with E-state index in [4.69, 9.17) is 6.42 Å². The molecule has 2 atom stereocenters. The summed E-state index contributed by atoms with van der Waals surface area (Å²) in [4.78, 5) is 27.6. The van der Waals surface area contributed by atoms with Gasteiger partial charge in [-0.1, -0.05) is 6.92 Å². The number of terminal acetylenes is 1. The number of hydrogen-bond donors (Lipinski definition) is 1. The summed E-state index contributed by atoms with van der Waals surface area (Å²) in [5, 5.41) is 15.2. The Bertz CT molecular complexity index is 787. The Labute approximate surface area is 165 Å². The van der Waals surface area contributed by atoms with E-state index in [1.54, 1.807) is 24.1 Å². The molecule has 2 unspecified atom stereocenters. The molecule has 2 aliphatic rings. The molecule has 1 aromatic rings. The summed E-state index contributed by atoms with van der Waals surface area (Å²) in [5.41, 5.74) is 0.196. The van der Waals surface area contributed by atoms with Gasteiger partial charge >= 0.3 is 0 Å². The van der Waals surface area contributed by atoms with Crippen molar-refractivity contribution >= 4 is 11.8 Å². The summed E-state index contributed by atoms with van der Waals surface area (Å²) < 4.78 is 1.64. The van der Waals surface area contributed by atoms with Crippen molar-refractivity contribution in [1.29, 1.82) is 0 Å². The summed E-state index contributed by atoms with van der Waals surface area (Å²) in [5.74, 6) is 2.79. The van der Waals surface area contributed by atoms with Gasteiger partial charge in [0.15, 0.2) is 5.66 Å². The van der Waals surface area contributed by atoms with Crippen LogP contribution < -0.4 is 5.32 Å². The number of likely N-dealkylation sites (tertiary alicyclic amines) is 1. The number of aromatic nitrogens is 2. The highest BCUT2D eigenvalue weighted by atomic mass is 16.2. The van der Waals surface area contributed by atoms with Gasteiger partial charge in [0.1, 0.15) is 6.04 Å². The first-order chi connectivity index (χ1) is 13.4. The molecule has 8 heteroatoms. The van der Waals surface area contributed by atoms with Crippen LogP contribution in [0.15, 0.2) is 22.6 Å². The van der Waals surface area contributed by atoms with E-state index in [1.165, 1.54) is 0 Å². The summed E-state index contributed by atoms with van der Waals surface area (Å²) in [6, 6.07) is -0.721. The third kappa shape index (κ3) is 4.97. The van der Waals surface area contributed by atoms with Crippen LogP contribution in [0.1, 0.15) is 57.1 Å². The Balaban J connectivity index is 1.63. The van der Waals surface area contributed by atoms with Crippen molar-refractivity contribution in [3.63, 3.8) is 0 Å². The van der Waals surface area contributed by atoms with Gasteiger partial charge in [-0.05, 0) is 18.8 Å². The molecule has 1 aromatic heterocycles. The lowest BCUT2D eigenvalue weighted by molar-refractivity contribution is -0.138. The maximum atomic E-state index is 13.2. The molecule has 2 amide bonds. The number of hydrogen-bond acceptors (Lipinski definition) is 5. The lowest BCUT2D eigenvalue weighted by atomic mass is 9.98. The van der Waals surface area contributed by atoms with Crippen molar-refractivity contribution in [2.45, 2.75) is 57.2 Å². The fourth-order valence-corrected chi connectivity index (χ4v) is 3.66. The average Bonchev–Trinajstić information content (AvgIpc) is 3.33. The van der Waals surface area contributed by atoms with Crippen LogP contribution in [-0.4, -0.2) is 45.2 Å². The van der Waals surface area contributed by atoms with Gasteiger partial charge in [0.2, 0.25) is 11.8 Å². The van der Waals surface area contributed by atoms with E-state index in [9.17, 15) is 9.59 Å². The molecular weight excluding hydrogens is 356 g/mol. The summed E-state index contributed by atoms with van der Waals surface area (Å²) in [6.07, 6.45) is 12.8. The largest absolute Gasteiger partial charge is 0.340 e. The number of rotatable bonds is 8. The number of nitrogens with zero attached hydrogens (tertiary/aromatic N) is 5. The maximum absolute atomic E-state index is 13.2. The van der Waals surface area contributed by atoms with E-state index in [-0.39, 0.29) is 18.2 Å². The Hall–Kier alpha value is -2.69. The maximum Gasteiger partial charge on any atom is 0.249 e. The lowest BCUT2D eigenvalue weighted by Gasteiger charge is -2.33. The highest BCUT2D eigenvalue weighted by molar-refractivity contribution is 5.88. The zero-order valence-electron chi connectivity index (χ0n) is 16.6. The molecule has 8 nitrogen and oxygen atoms in total. The van der Waals surface area contributed by atoms with Crippen LogP contribution in [-0.2, 0) is 16.6 Å². The fraction of sp³-hybridized carbons (Fsp3) is 0.650. The fourth-order valence-electron chi connectivity index (χ4n) is 3.66. The van der Waals surface area contributed by atoms with Crippen LogP contribution in [0.2, 0.25) is 0 Å². The molecule has 0 radical (unpaired) electrons. The van der Waals surface area contributed by atoms with Crippen LogP contribution in [0, 0.1) is 18.3 Å². The molecule has 1 fully saturated rings. The number of nitrogens with one attached hydrogen (secondary N) is 1. The van der Waals surface area contributed by atoms with Crippen molar-refractivity contribution in [2.75, 3.05) is 13.1 Å². The van der Waals surface area contributed by atoms with Gasteiger partial charge in [-0.15, -0.1) is 12.3 Å². The van der Waals surface area contributed by atoms with E-state index in [2.05, 4.69) is 33.5 Å². The average molecular weight is 384 g/mol. The highest BCUT2D eigenvalue weighted by Gasteiger charge is 2.39. The highest BCUT2D eigenvalue weighted by Crippen LogP contribution is 2.37. The van der Waals surface area contributed by atoms with Gasteiger partial charge < -0.3 is 10.2 Å². The Morgan fingerprint density at radius 3 is 2.82 bits per heavy atom. The van der Waals surface area contributed by atoms with Crippen molar-refractivity contribution in [2.24, 2.45) is 23.2 Å². The normalized spacial score (nSPS) is 21.0. The molecular formula is C20H28N6O2. The van der Waals surface area contributed by atoms with Gasteiger partial charge in [0, 0.05) is 57.6 Å². The van der Waals surface area contributed by atoms with Crippen LogP contribution in [0.5, 0.6) is 0 Å². The molecule has 3 rings (SSSR count). The number of piperidine rings is 1. The molecule has 0 bridgehead atoms. The van der Waals surface area contributed by atoms with Crippen molar-refractivity contribution in [1.82, 2.24) is 20.0 Å². The van der Waals surface area contributed by atoms with E-state index in [0.29, 0.717) is 30.7 Å². The second kappa shape index (κ2) is 8.55. The molecule has 2 aliphatic heterocycles. The van der Waals surface area contributed by atoms with Crippen LogP contribution in [0.4, 0.5) is 0 Å². The number of amides is 2. The van der Waals surface area contributed by atoms with Crippen molar-refractivity contribution in [3.05, 3.63) is 18.0 Å². The van der Waals surface area contributed by atoms with Crippen molar-refractivity contribution in [3.8, 4) is 12.3 Å². The smallest absolute Gasteiger partial charge is 0.249 e. The Morgan fingerprint density at radius 1 is 1.43 bits per heavy atom. The van der Waals surface area contributed by atoms with E-state index < -0.39 is 11.7 Å². The molecule has 0 spiro atoms. The third-order valence-electron chi connectivity index (χ3n) is 5.38. The van der Waals surface area contributed by atoms with Gasteiger partial charge in [-0.2, -0.15) is 15.3 Å². The summed E-state index contributed by atoms with van der Waals surface area (Å²) in [7, 11) is 1.79. The molecule has 3 heterocycles. The first-order valence-electron chi connectivity index (χ1n) is 9.87. The molecule has 0 saturated carbocycles. The first-order valence-corrected chi connectivity index (χ1v) is 9.87. The summed E-state index contributed by atoms with van der Waals surface area (Å²) >= 11 is 0. The van der Waals surface area contributed by atoms with Crippen LogP contribution >= 0.6 is 0 Å². The standard InChI is InChI=1S/C20H28N6O2/c1-4-5-9-20(23-24-20)10-8-17(27)22-18(16-12-21-25(3)14-16)19(28)26-11-6-7-15(2)13-26/h1,12,14-15,18H,5-11,13H2,2-3H3,(H,22,27). The third-order valence-corrected chi connectivity index (χ3v) is 5.38. The zero-order chi connectivity index (χ0) is 20.1. The predicted molar refractivity (Wildman–Crippen MR) is 104 cm³/mol. The number of carbonyl (C=O) groups excluding carboxylic acids is 2. The van der Waals surface area contributed by atoms with Crippen LogP contribution in [0.25, 0.3) is 0 Å². The summed E-state index contributed by atoms with van der Waals surface area (Å²) in [6.45, 7) is 3.59. The molecule has 150 valence electrons. The zero-order valence-corrected chi connectivity index (χ0v) is 16.6. The van der Waals surface area contributed by atoms with Crippen molar-refractivity contribution < 1.29 is 9.59 Å². The predicted octanol–water partition coefficient (Wildman–Crippen LogP) is 2.19. The molecule has 28 heavy (non-hydrogen) atoms. The minimum Gasteiger partial charge on any atom is -0.340 e. The quantitative estimate of drug-likeness (QED) is 0.697. The lowest BCUT2D eigenvalue weighted by Crippen LogP contribution is -2.46. The molecule has 0 aromatic carbocycles. The number of aryl methyl sites for hydroxylation is 1. The molecule has 0 aliphatic carbocycles. The van der Waals surface area contributed by atoms with Gasteiger partial charge in [0.05, 0.1) is 6.20 Å². The topological polar surface area (TPSA) is 92.0 Å². The van der Waals surface area contributed by atoms with Gasteiger partial charge in [-0.3, -0.25) is 14.3 Å². The van der Waals surface area contributed by atoms with Crippen LogP contribution in [0.3, 0.4) is 0 Å². The SMILES string of the molecule is C#CCCC1(CCC(=O)NC(C(=O)N2CCCC(C)C2)c2cnn(C)c2)N=N1. The van der Waals surface area contributed by atoms with E-state index in [1.807, 2.05) is 4.90 Å².